The minimum atomic E-state index is -3.91. The molecule has 8 heteroatoms. The third-order valence-corrected chi connectivity index (χ3v) is 5.33. The van der Waals surface area contributed by atoms with Crippen LogP contribution in [-0.4, -0.2) is 20.5 Å². The molecule has 0 unspecified atom stereocenters. The van der Waals surface area contributed by atoms with Crippen molar-refractivity contribution in [2.75, 3.05) is 7.11 Å². The summed E-state index contributed by atoms with van der Waals surface area (Å²) in [7, 11) is -2.35. The second kappa shape index (κ2) is 8.29. The zero-order chi connectivity index (χ0) is 19.3. The Morgan fingerprint density at radius 3 is 2.35 bits per heavy atom. The molecule has 2 aromatic carbocycles. The van der Waals surface area contributed by atoms with Gasteiger partial charge in [-0.05, 0) is 36.1 Å². The van der Waals surface area contributed by atoms with Gasteiger partial charge >= 0.3 is 0 Å². The number of sulfonamides is 1. The molecule has 26 heavy (non-hydrogen) atoms. The number of nitro benzene ring substituents is 1. The van der Waals surface area contributed by atoms with Crippen LogP contribution in [0.3, 0.4) is 0 Å². The fraction of sp³-hybridized carbons (Fsp3) is 0.333. The van der Waals surface area contributed by atoms with Crippen LogP contribution >= 0.6 is 0 Å². The maximum atomic E-state index is 12.7. The highest BCUT2D eigenvalue weighted by molar-refractivity contribution is 7.89. The first-order valence-electron chi connectivity index (χ1n) is 8.13. The number of ether oxygens (including phenoxy) is 1. The topological polar surface area (TPSA) is 98.5 Å². The fourth-order valence-electron chi connectivity index (χ4n) is 2.58. The standard InChI is InChI=1S/C18H22N2O5S/c1-13(2)11-18(14-7-9-16(25-3)10-8-14)19-26(23,24)17-6-4-5-15(12-17)20(21)22/h4-10,12-13,18-19H,11H2,1-3H3/t18-/m0/s1. The molecule has 0 spiro atoms. The first-order chi connectivity index (χ1) is 12.2. The van der Waals surface area contributed by atoms with Crippen molar-refractivity contribution in [3.63, 3.8) is 0 Å². The first-order valence-corrected chi connectivity index (χ1v) is 9.62. The molecule has 0 aliphatic heterocycles. The fourth-order valence-corrected chi connectivity index (χ4v) is 3.86. The van der Waals surface area contributed by atoms with Gasteiger partial charge in [0, 0.05) is 18.2 Å². The molecule has 2 rings (SSSR count). The minimum Gasteiger partial charge on any atom is -0.497 e. The van der Waals surface area contributed by atoms with Gasteiger partial charge in [0.25, 0.3) is 5.69 Å². The van der Waals surface area contributed by atoms with E-state index in [-0.39, 0.29) is 16.5 Å². The molecular formula is C18H22N2O5S. The summed E-state index contributed by atoms with van der Waals surface area (Å²) >= 11 is 0. The minimum absolute atomic E-state index is 0.131. The van der Waals surface area contributed by atoms with Crippen LogP contribution in [0.2, 0.25) is 0 Å². The lowest BCUT2D eigenvalue weighted by atomic mass is 9.98. The number of nitrogens with zero attached hydrogens (tertiary/aromatic N) is 1. The lowest BCUT2D eigenvalue weighted by Gasteiger charge is -2.21. The van der Waals surface area contributed by atoms with Gasteiger partial charge in [-0.25, -0.2) is 13.1 Å². The quantitative estimate of drug-likeness (QED) is 0.558. The number of non-ortho nitro benzene ring substituents is 1. The smallest absolute Gasteiger partial charge is 0.270 e. The van der Waals surface area contributed by atoms with Gasteiger partial charge in [-0.1, -0.05) is 32.0 Å². The van der Waals surface area contributed by atoms with E-state index < -0.39 is 21.0 Å². The van der Waals surface area contributed by atoms with Crippen molar-refractivity contribution < 1.29 is 18.1 Å². The van der Waals surface area contributed by atoms with E-state index in [4.69, 9.17) is 4.74 Å². The predicted molar refractivity (Wildman–Crippen MR) is 98.6 cm³/mol. The van der Waals surface area contributed by atoms with Gasteiger partial charge in [0.15, 0.2) is 0 Å². The molecule has 0 aliphatic carbocycles. The Bertz CT molecular complexity index is 863. The van der Waals surface area contributed by atoms with Gasteiger partial charge in [0.1, 0.15) is 5.75 Å². The normalized spacial score (nSPS) is 12.8. The monoisotopic (exact) mass is 378 g/mol. The Morgan fingerprint density at radius 2 is 1.81 bits per heavy atom. The van der Waals surface area contributed by atoms with Crippen LogP contribution in [0.25, 0.3) is 0 Å². The molecule has 2 aromatic rings. The molecule has 0 aromatic heterocycles. The van der Waals surface area contributed by atoms with Crippen LogP contribution in [0.5, 0.6) is 5.75 Å². The highest BCUT2D eigenvalue weighted by Gasteiger charge is 2.24. The number of hydrogen-bond donors (Lipinski definition) is 1. The summed E-state index contributed by atoms with van der Waals surface area (Å²) in [6, 6.07) is 11.7. The summed E-state index contributed by atoms with van der Waals surface area (Å²) in [6.07, 6.45) is 0.584. The van der Waals surface area contributed by atoms with Gasteiger partial charge in [0.05, 0.1) is 16.9 Å². The Balaban J connectivity index is 2.34. The Kier molecular flexibility index (Phi) is 6.33. The highest BCUT2D eigenvalue weighted by atomic mass is 32.2. The molecule has 0 fully saturated rings. The van der Waals surface area contributed by atoms with Crippen LogP contribution in [0.15, 0.2) is 53.4 Å². The third kappa shape index (κ3) is 5.03. The van der Waals surface area contributed by atoms with Crippen LogP contribution in [0.1, 0.15) is 31.9 Å². The summed E-state index contributed by atoms with van der Waals surface area (Å²) < 4.78 is 33.3. The van der Waals surface area contributed by atoms with Gasteiger partial charge in [0.2, 0.25) is 10.0 Å². The van der Waals surface area contributed by atoms with Gasteiger partial charge in [-0.15, -0.1) is 0 Å². The summed E-state index contributed by atoms with van der Waals surface area (Å²) in [5.74, 6) is 0.925. The van der Waals surface area contributed by atoms with E-state index in [1.807, 2.05) is 26.0 Å². The molecule has 1 N–H and O–H groups in total. The molecule has 0 heterocycles. The number of rotatable bonds is 8. The molecule has 0 bridgehead atoms. The van der Waals surface area contributed by atoms with Crippen molar-refractivity contribution in [1.82, 2.24) is 4.72 Å². The lowest BCUT2D eigenvalue weighted by Crippen LogP contribution is -2.29. The van der Waals surface area contributed by atoms with E-state index in [0.717, 1.165) is 11.6 Å². The predicted octanol–water partition coefficient (Wildman–Crippen LogP) is 3.67. The molecule has 140 valence electrons. The first kappa shape index (κ1) is 19.9. The van der Waals surface area contributed by atoms with Crippen molar-refractivity contribution >= 4 is 15.7 Å². The number of nitro groups is 1. The average Bonchev–Trinajstić information content (AvgIpc) is 2.60. The van der Waals surface area contributed by atoms with Crippen LogP contribution < -0.4 is 9.46 Å². The molecule has 7 nitrogen and oxygen atoms in total. The van der Waals surface area contributed by atoms with E-state index in [1.54, 1.807) is 19.2 Å². The van der Waals surface area contributed by atoms with E-state index in [2.05, 4.69) is 4.72 Å². The van der Waals surface area contributed by atoms with Gasteiger partial charge in [-0.3, -0.25) is 10.1 Å². The van der Waals surface area contributed by atoms with E-state index >= 15 is 0 Å². The molecule has 0 amide bonds. The number of benzene rings is 2. The largest absolute Gasteiger partial charge is 0.497 e. The zero-order valence-corrected chi connectivity index (χ0v) is 15.7. The molecular weight excluding hydrogens is 356 g/mol. The molecule has 0 radical (unpaired) electrons. The van der Waals surface area contributed by atoms with E-state index in [9.17, 15) is 18.5 Å². The highest BCUT2D eigenvalue weighted by Crippen LogP contribution is 2.26. The van der Waals surface area contributed by atoms with Gasteiger partial charge in [-0.2, -0.15) is 0 Å². The summed E-state index contributed by atoms with van der Waals surface area (Å²) in [5, 5.41) is 10.9. The van der Waals surface area contributed by atoms with Crippen molar-refractivity contribution in [2.24, 2.45) is 5.92 Å². The van der Waals surface area contributed by atoms with Crippen molar-refractivity contribution in [1.29, 1.82) is 0 Å². The SMILES string of the molecule is COc1ccc([C@H](CC(C)C)NS(=O)(=O)c2cccc([N+](=O)[O-])c2)cc1. The second-order valence-electron chi connectivity index (χ2n) is 6.33. The van der Waals surface area contributed by atoms with Crippen molar-refractivity contribution in [2.45, 2.75) is 31.2 Å². The number of methoxy groups -OCH3 is 1. The Morgan fingerprint density at radius 1 is 1.15 bits per heavy atom. The van der Waals surface area contributed by atoms with E-state index in [1.165, 1.54) is 18.2 Å². The number of nitrogens with one attached hydrogen (secondary N) is 1. The summed E-state index contributed by atoms with van der Waals surface area (Å²) in [5.41, 5.74) is 0.534. The maximum absolute atomic E-state index is 12.7. The van der Waals surface area contributed by atoms with Crippen molar-refractivity contribution in [3.05, 3.63) is 64.2 Å². The van der Waals surface area contributed by atoms with Crippen molar-refractivity contribution in [3.8, 4) is 5.75 Å². The molecule has 0 saturated heterocycles. The number of hydrogen-bond acceptors (Lipinski definition) is 5. The average molecular weight is 378 g/mol. The lowest BCUT2D eigenvalue weighted by molar-refractivity contribution is -0.385. The third-order valence-electron chi connectivity index (χ3n) is 3.86. The van der Waals surface area contributed by atoms with Crippen LogP contribution in [0.4, 0.5) is 5.69 Å². The molecule has 0 aliphatic rings. The summed E-state index contributed by atoms with van der Waals surface area (Å²) in [4.78, 5) is 10.2. The zero-order valence-electron chi connectivity index (χ0n) is 14.9. The molecule has 0 saturated carbocycles. The van der Waals surface area contributed by atoms with E-state index in [0.29, 0.717) is 12.2 Å². The van der Waals surface area contributed by atoms with Crippen LogP contribution in [0, 0.1) is 16.0 Å². The van der Waals surface area contributed by atoms with Gasteiger partial charge < -0.3 is 4.74 Å². The maximum Gasteiger partial charge on any atom is 0.270 e. The Labute approximate surface area is 153 Å². The second-order valence-corrected chi connectivity index (χ2v) is 8.05. The molecule has 1 atom stereocenters. The Hall–Kier alpha value is -2.45. The summed E-state index contributed by atoms with van der Waals surface area (Å²) in [6.45, 7) is 4.00. The van der Waals surface area contributed by atoms with Crippen LogP contribution in [-0.2, 0) is 10.0 Å².